The Morgan fingerprint density at radius 1 is 1.05 bits per heavy atom. The summed E-state index contributed by atoms with van der Waals surface area (Å²) in [5.74, 6) is -0.451. The molecule has 0 aliphatic carbocycles. The van der Waals surface area contributed by atoms with Crippen molar-refractivity contribution in [1.29, 1.82) is 0 Å². The molecule has 0 aliphatic heterocycles. The monoisotopic (exact) mass is 306 g/mol. The van der Waals surface area contributed by atoms with Crippen LogP contribution in [0.5, 0.6) is 0 Å². The number of halogens is 1. The Balaban J connectivity index is 2.14. The van der Waals surface area contributed by atoms with Gasteiger partial charge in [0.15, 0.2) is 0 Å². The number of hydrogen-bond acceptors (Lipinski definition) is 3. The fourth-order valence-corrected chi connectivity index (χ4v) is 2.46. The highest BCUT2D eigenvalue weighted by atomic mass is 32.2. The number of nitrogens with zero attached hydrogens (tertiary/aromatic N) is 1. The summed E-state index contributed by atoms with van der Waals surface area (Å²) in [5, 5.41) is 3.60. The zero-order valence-corrected chi connectivity index (χ0v) is 12.5. The molecule has 0 aromatic heterocycles. The predicted octanol–water partition coefficient (Wildman–Crippen LogP) is 2.75. The smallest absolute Gasteiger partial charge is 0.206 e. The van der Waals surface area contributed by atoms with Crippen LogP contribution in [0.2, 0.25) is 0 Å². The molecule has 0 bridgehead atoms. The van der Waals surface area contributed by atoms with E-state index in [0.29, 0.717) is 0 Å². The third-order valence-electron chi connectivity index (χ3n) is 2.86. The van der Waals surface area contributed by atoms with E-state index in [0.717, 1.165) is 17.3 Å². The number of hydrazone groups is 1. The second-order valence-corrected chi connectivity index (χ2v) is 6.35. The predicted molar refractivity (Wildman–Crippen MR) is 80.2 cm³/mol. The molecule has 0 aliphatic rings. The van der Waals surface area contributed by atoms with Gasteiger partial charge in [0.25, 0.3) is 10.0 Å². The van der Waals surface area contributed by atoms with E-state index in [-0.39, 0.29) is 10.5 Å². The first-order chi connectivity index (χ1) is 9.88. The summed E-state index contributed by atoms with van der Waals surface area (Å²) < 4.78 is 37.5. The molecule has 0 heterocycles. The summed E-state index contributed by atoms with van der Waals surface area (Å²) in [7, 11) is -3.74. The lowest BCUT2D eigenvalue weighted by molar-refractivity contribution is 0.584. The summed E-state index contributed by atoms with van der Waals surface area (Å²) in [6.07, 6.45) is 1.14. The Kier molecular flexibility index (Phi) is 4.37. The van der Waals surface area contributed by atoms with E-state index in [1.807, 2.05) is 6.92 Å². The Labute approximate surface area is 123 Å². The summed E-state index contributed by atoms with van der Waals surface area (Å²) in [6, 6.07) is 11.0. The molecule has 2 rings (SSSR count). The summed E-state index contributed by atoms with van der Waals surface area (Å²) in [5.41, 5.74) is 1.95. The van der Waals surface area contributed by atoms with Gasteiger partial charge >= 0.3 is 0 Å². The van der Waals surface area contributed by atoms with Gasteiger partial charge < -0.3 is 0 Å². The van der Waals surface area contributed by atoms with Crippen molar-refractivity contribution in [2.24, 2.45) is 5.10 Å². The first-order valence-corrected chi connectivity index (χ1v) is 7.74. The van der Waals surface area contributed by atoms with E-state index >= 15 is 0 Å². The fourth-order valence-electron chi connectivity index (χ4n) is 1.67. The minimum Gasteiger partial charge on any atom is -0.206 e. The van der Waals surface area contributed by atoms with Gasteiger partial charge in [-0.2, -0.15) is 13.5 Å². The van der Waals surface area contributed by atoms with Crippen molar-refractivity contribution in [2.75, 3.05) is 0 Å². The highest BCUT2D eigenvalue weighted by Gasteiger charge is 2.11. The minimum atomic E-state index is -3.74. The second-order valence-electron chi connectivity index (χ2n) is 4.69. The van der Waals surface area contributed by atoms with Crippen LogP contribution in [0.4, 0.5) is 4.39 Å². The molecule has 0 atom stereocenters. The number of rotatable bonds is 4. The lowest BCUT2D eigenvalue weighted by Crippen LogP contribution is -2.18. The zero-order valence-electron chi connectivity index (χ0n) is 11.7. The Hall–Kier alpha value is -2.21. The molecule has 0 radical (unpaired) electrons. The largest absolute Gasteiger partial charge is 0.276 e. The van der Waals surface area contributed by atoms with E-state index in [9.17, 15) is 12.8 Å². The third kappa shape index (κ3) is 3.88. The van der Waals surface area contributed by atoms with Gasteiger partial charge in [-0.05, 0) is 37.6 Å². The molecule has 110 valence electrons. The van der Waals surface area contributed by atoms with Crippen LogP contribution in [0, 0.1) is 19.7 Å². The molecule has 21 heavy (non-hydrogen) atoms. The van der Waals surface area contributed by atoms with E-state index in [2.05, 4.69) is 9.93 Å². The summed E-state index contributed by atoms with van der Waals surface area (Å²) >= 11 is 0. The Bertz CT molecular complexity index is 769. The van der Waals surface area contributed by atoms with Gasteiger partial charge in [-0.15, -0.1) is 0 Å². The average Bonchev–Trinajstić information content (AvgIpc) is 2.41. The topological polar surface area (TPSA) is 58.5 Å². The number of sulfonamides is 1. The lowest BCUT2D eigenvalue weighted by atomic mass is 10.1. The van der Waals surface area contributed by atoms with Gasteiger partial charge in [-0.25, -0.2) is 9.22 Å². The van der Waals surface area contributed by atoms with E-state index < -0.39 is 15.8 Å². The first-order valence-electron chi connectivity index (χ1n) is 6.26. The van der Waals surface area contributed by atoms with Gasteiger partial charge in [0.1, 0.15) is 5.82 Å². The van der Waals surface area contributed by atoms with Crippen LogP contribution in [-0.4, -0.2) is 14.6 Å². The molecule has 2 aromatic rings. The fraction of sp³-hybridized carbons (Fsp3) is 0.133. The maximum Gasteiger partial charge on any atom is 0.276 e. The lowest BCUT2D eigenvalue weighted by Gasteiger charge is -2.03. The molecule has 6 heteroatoms. The van der Waals surface area contributed by atoms with Gasteiger partial charge in [0.05, 0.1) is 11.1 Å². The molecule has 0 amide bonds. The van der Waals surface area contributed by atoms with E-state index in [1.165, 1.54) is 24.3 Å². The summed E-state index contributed by atoms with van der Waals surface area (Å²) in [6.45, 7) is 3.63. The van der Waals surface area contributed by atoms with Crippen molar-refractivity contribution < 1.29 is 12.8 Å². The SMILES string of the molecule is Cc1ccc(S(=O)(=O)N/N=C/c2ccc(C)cc2F)cc1. The standard InChI is InChI=1S/C15H15FN2O2S/c1-11-4-7-14(8-5-11)21(19,20)18-17-10-13-6-3-12(2)9-15(13)16/h3-10,18H,1-2H3/b17-10+. The van der Waals surface area contributed by atoms with Crippen molar-refractivity contribution >= 4 is 16.2 Å². The molecular weight excluding hydrogens is 291 g/mol. The molecule has 0 spiro atoms. The first kappa shape index (κ1) is 15.2. The van der Waals surface area contributed by atoms with E-state index in [1.54, 1.807) is 25.1 Å². The Morgan fingerprint density at radius 2 is 1.67 bits per heavy atom. The van der Waals surface area contributed by atoms with Gasteiger partial charge in [0.2, 0.25) is 0 Å². The number of aryl methyl sites for hydroxylation is 2. The Morgan fingerprint density at radius 3 is 2.29 bits per heavy atom. The summed E-state index contributed by atoms with van der Waals surface area (Å²) in [4.78, 5) is 2.17. The average molecular weight is 306 g/mol. The number of benzene rings is 2. The van der Waals surface area contributed by atoms with Gasteiger partial charge in [-0.3, -0.25) is 0 Å². The van der Waals surface area contributed by atoms with Crippen molar-refractivity contribution in [3.05, 3.63) is 65.0 Å². The van der Waals surface area contributed by atoms with Crippen molar-refractivity contribution in [3.63, 3.8) is 0 Å². The third-order valence-corrected chi connectivity index (χ3v) is 4.10. The molecule has 2 aromatic carbocycles. The van der Waals surface area contributed by atoms with Crippen LogP contribution >= 0.6 is 0 Å². The molecule has 0 saturated heterocycles. The molecule has 1 N–H and O–H groups in total. The van der Waals surface area contributed by atoms with Crippen LogP contribution in [0.1, 0.15) is 16.7 Å². The molecular formula is C15H15FN2O2S. The van der Waals surface area contributed by atoms with Crippen molar-refractivity contribution in [3.8, 4) is 0 Å². The van der Waals surface area contributed by atoms with Crippen molar-refractivity contribution in [2.45, 2.75) is 18.7 Å². The van der Waals surface area contributed by atoms with Crippen LogP contribution in [0.3, 0.4) is 0 Å². The van der Waals surface area contributed by atoms with Crippen LogP contribution in [0.15, 0.2) is 52.5 Å². The van der Waals surface area contributed by atoms with Crippen LogP contribution < -0.4 is 4.83 Å². The normalized spacial score (nSPS) is 11.8. The molecule has 0 saturated carbocycles. The van der Waals surface area contributed by atoms with Crippen LogP contribution in [0.25, 0.3) is 0 Å². The molecule has 0 unspecified atom stereocenters. The minimum absolute atomic E-state index is 0.106. The quantitative estimate of drug-likeness (QED) is 0.697. The van der Waals surface area contributed by atoms with Gasteiger partial charge in [0, 0.05) is 5.56 Å². The van der Waals surface area contributed by atoms with Gasteiger partial charge in [-0.1, -0.05) is 29.8 Å². The molecule has 0 fully saturated rings. The van der Waals surface area contributed by atoms with Crippen molar-refractivity contribution in [1.82, 2.24) is 4.83 Å². The highest BCUT2D eigenvalue weighted by Crippen LogP contribution is 2.10. The van der Waals surface area contributed by atoms with Crippen LogP contribution in [-0.2, 0) is 10.0 Å². The van der Waals surface area contributed by atoms with E-state index in [4.69, 9.17) is 0 Å². The highest BCUT2D eigenvalue weighted by molar-refractivity contribution is 7.89. The zero-order chi connectivity index (χ0) is 15.5. The number of hydrogen-bond donors (Lipinski definition) is 1. The maximum absolute atomic E-state index is 13.6. The number of nitrogens with one attached hydrogen (secondary N) is 1. The second kappa shape index (κ2) is 6.05. The molecule has 4 nitrogen and oxygen atoms in total. The maximum atomic E-state index is 13.6.